The molecule has 2 atom stereocenters. The van der Waals surface area contributed by atoms with Crippen molar-refractivity contribution in [3.05, 3.63) is 0 Å². The first-order chi connectivity index (χ1) is 3.80. The van der Waals surface area contributed by atoms with E-state index in [1.165, 1.54) is 12.2 Å². The topological polar surface area (TPSA) is 0 Å². The molecule has 0 aromatic rings. The van der Waals surface area contributed by atoms with E-state index in [2.05, 4.69) is 0 Å². The Morgan fingerprint density at radius 2 is 2.38 bits per heavy atom. The van der Waals surface area contributed by atoms with Gasteiger partial charge in [-0.05, 0) is 6.42 Å². The first-order valence-electron chi connectivity index (χ1n) is 2.47. The zero-order chi connectivity index (χ0) is 5.98. The summed E-state index contributed by atoms with van der Waals surface area (Å²) in [6.07, 6.45) is 2.33. The minimum absolute atomic E-state index is 0.0806. The molecule has 4 heteroatoms. The smallest absolute Gasteiger partial charge is 0.0617 e. The monoisotopic (exact) mass is 189 g/mol. The molecule has 8 heavy (non-hydrogen) atoms. The van der Waals surface area contributed by atoms with Crippen LogP contribution in [0.5, 0.6) is 0 Å². The van der Waals surface area contributed by atoms with E-state index < -0.39 is 0 Å². The van der Waals surface area contributed by atoms with Crippen LogP contribution in [0.1, 0.15) is 12.8 Å². The Hall–Kier alpha value is 1.28. The molecule has 1 fully saturated rings. The van der Waals surface area contributed by atoms with E-state index in [0.29, 0.717) is 0 Å². The van der Waals surface area contributed by atoms with E-state index >= 15 is 0 Å². The molecule has 1 saturated heterocycles. The van der Waals surface area contributed by atoms with Crippen molar-refractivity contribution in [2.45, 2.75) is 17.6 Å². The molecule has 0 radical (unpaired) electrons. The number of halogens is 2. The van der Waals surface area contributed by atoms with Crippen LogP contribution in [0.4, 0.5) is 0 Å². The lowest BCUT2D eigenvalue weighted by atomic mass is 10.4. The highest BCUT2D eigenvalue weighted by Gasteiger charge is 2.32. The van der Waals surface area contributed by atoms with Gasteiger partial charge in [-0.3, -0.25) is 0 Å². The first kappa shape index (κ1) is 7.39. The Bertz CT molecular complexity index is 68.4. The third-order valence-electron chi connectivity index (χ3n) is 0.972. The maximum absolute atomic E-state index is 5.83. The van der Waals surface area contributed by atoms with Crippen molar-refractivity contribution in [1.29, 1.82) is 0 Å². The average molecular weight is 190 g/mol. The standard InChI is InChI=1S/C4H7Cl2S2/c5-4-2-1-3-7-8(4)6/h4H,1-3H2/q+1. The lowest BCUT2D eigenvalue weighted by Crippen LogP contribution is -2.11. The molecule has 1 heterocycles. The quantitative estimate of drug-likeness (QED) is 0.321. The second kappa shape index (κ2) is 3.45. The number of rotatable bonds is 0. The van der Waals surface area contributed by atoms with Crippen LogP contribution in [0.25, 0.3) is 0 Å². The second-order valence-electron chi connectivity index (χ2n) is 1.62. The van der Waals surface area contributed by atoms with Crippen molar-refractivity contribution in [1.82, 2.24) is 0 Å². The van der Waals surface area contributed by atoms with E-state index in [1.54, 1.807) is 10.8 Å². The molecule has 0 aromatic heterocycles. The first-order valence-corrected chi connectivity index (χ1v) is 6.52. The van der Waals surface area contributed by atoms with Gasteiger partial charge in [-0.1, -0.05) is 11.6 Å². The van der Waals surface area contributed by atoms with Gasteiger partial charge in [0.2, 0.25) is 4.71 Å². The van der Waals surface area contributed by atoms with Crippen molar-refractivity contribution < 1.29 is 0 Å². The Morgan fingerprint density at radius 3 is 2.75 bits per heavy atom. The molecular weight excluding hydrogens is 183 g/mol. The fraction of sp³-hybridized carbons (Fsp3) is 1.00. The summed E-state index contributed by atoms with van der Waals surface area (Å²) >= 11 is 5.83. The highest BCUT2D eigenvalue weighted by molar-refractivity contribution is 8.82. The summed E-state index contributed by atoms with van der Waals surface area (Å²) in [4.78, 5) is 0. The van der Waals surface area contributed by atoms with Crippen LogP contribution in [-0.2, 0) is 9.14 Å². The molecule has 2 unspecified atom stereocenters. The van der Waals surface area contributed by atoms with E-state index in [-0.39, 0.29) is 13.8 Å². The molecule has 0 N–H and O–H groups in total. The summed E-state index contributed by atoms with van der Waals surface area (Å²) in [6, 6.07) is 0. The highest BCUT2D eigenvalue weighted by atomic mass is 35.8. The summed E-state index contributed by atoms with van der Waals surface area (Å²) in [7, 11) is 7.53. The van der Waals surface area contributed by atoms with E-state index in [1.807, 2.05) is 0 Å². The summed E-state index contributed by atoms with van der Waals surface area (Å²) in [5.41, 5.74) is 0. The van der Waals surface area contributed by atoms with E-state index in [4.69, 9.17) is 22.3 Å². The van der Waals surface area contributed by atoms with Crippen LogP contribution in [0.3, 0.4) is 0 Å². The number of hydrogen-bond acceptors (Lipinski definition) is 1. The second-order valence-corrected chi connectivity index (χ2v) is 7.45. The number of alkyl halides is 1. The minimum atomic E-state index is -0.0806. The van der Waals surface area contributed by atoms with Crippen LogP contribution in [0.15, 0.2) is 0 Å². The molecule has 1 rings (SSSR count). The molecule has 0 bridgehead atoms. The van der Waals surface area contributed by atoms with Gasteiger partial charge >= 0.3 is 0 Å². The molecule has 1 aliphatic heterocycles. The van der Waals surface area contributed by atoms with Gasteiger partial charge in [0.05, 0.1) is 0 Å². The van der Waals surface area contributed by atoms with Crippen LogP contribution >= 0.6 is 33.1 Å². The fourth-order valence-electron chi connectivity index (χ4n) is 0.549. The average Bonchev–Trinajstić information content (AvgIpc) is 1.77. The maximum atomic E-state index is 5.83. The summed E-state index contributed by atoms with van der Waals surface area (Å²) in [6.45, 7) is 0. The van der Waals surface area contributed by atoms with E-state index in [0.717, 1.165) is 6.42 Å². The van der Waals surface area contributed by atoms with Gasteiger partial charge in [0.15, 0.2) is 19.8 Å². The normalized spacial score (nSPS) is 39.8. The largest absolute Gasteiger partial charge is 0.222 e. The van der Waals surface area contributed by atoms with Crippen LogP contribution in [0, 0.1) is 0 Å². The molecule has 0 saturated carbocycles. The molecule has 0 aromatic carbocycles. The van der Waals surface area contributed by atoms with Gasteiger partial charge in [-0.2, -0.15) is 0 Å². The fourth-order valence-corrected chi connectivity index (χ4v) is 4.51. The third-order valence-corrected chi connectivity index (χ3v) is 6.95. The summed E-state index contributed by atoms with van der Waals surface area (Å²) in [5, 5.41) is 0. The van der Waals surface area contributed by atoms with Crippen LogP contribution in [-0.4, -0.2) is 10.5 Å². The molecule has 0 nitrogen and oxygen atoms in total. The lowest BCUT2D eigenvalue weighted by molar-refractivity contribution is 0.871. The number of hydrogen-bond donors (Lipinski definition) is 0. The van der Waals surface area contributed by atoms with Crippen molar-refractivity contribution >= 4 is 42.2 Å². The van der Waals surface area contributed by atoms with Crippen LogP contribution in [0.2, 0.25) is 0 Å². The Kier molecular flexibility index (Phi) is 3.18. The minimum Gasteiger partial charge on any atom is -0.0617 e. The molecule has 0 aliphatic carbocycles. The Labute approximate surface area is 65.6 Å². The van der Waals surface area contributed by atoms with Crippen molar-refractivity contribution in [3.63, 3.8) is 0 Å². The van der Waals surface area contributed by atoms with Gasteiger partial charge < -0.3 is 0 Å². The van der Waals surface area contributed by atoms with Gasteiger partial charge in [-0.15, -0.1) is 0 Å². The van der Waals surface area contributed by atoms with Gasteiger partial charge in [0.25, 0.3) is 0 Å². The SMILES string of the molecule is ClC1CCCS[S+]1Cl. The Balaban J connectivity index is 2.28. The van der Waals surface area contributed by atoms with Crippen molar-refractivity contribution in [2.75, 3.05) is 5.75 Å². The predicted octanol–water partition coefficient (Wildman–Crippen LogP) is 2.77. The molecule has 0 spiro atoms. The highest BCUT2D eigenvalue weighted by Crippen LogP contribution is 2.36. The Morgan fingerprint density at radius 1 is 1.62 bits per heavy atom. The zero-order valence-corrected chi connectivity index (χ0v) is 7.42. The summed E-state index contributed by atoms with van der Waals surface area (Å²) in [5.74, 6) is 1.19. The molecule has 0 amide bonds. The lowest BCUT2D eigenvalue weighted by Gasteiger charge is -2.08. The predicted molar refractivity (Wildman–Crippen MR) is 44.6 cm³/mol. The van der Waals surface area contributed by atoms with Crippen LogP contribution < -0.4 is 0 Å². The zero-order valence-electron chi connectivity index (χ0n) is 4.27. The molecule has 48 valence electrons. The summed E-state index contributed by atoms with van der Waals surface area (Å²) < 4.78 is 0.232. The van der Waals surface area contributed by atoms with Crippen molar-refractivity contribution in [3.8, 4) is 0 Å². The van der Waals surface area contributed by atoms with Gasteiger partial charge in [0, 0.05) is 12.2 Å². The molecule has 1 aliphatic rings. The maximum Gasteiger partial charge on any atom is 0.222 e. The van der Waals surface area contributed by atoms with Gasteiger partial charge in [-0.25, -0.2) is 0 Å². The van der Waals surface area contributed by atoms with E-state index in [9.17, 15) is 0 Å². The van der Waals surface area contributed by atoms with Crippen molar-refractivity contribution in [2.24, 2.45) is 0 Å². The third kappa shape index (κ3) is 1.90. The molecular formula is C4H7Cl2S2+. The van der Waals surface area contributed by atoms with Gasteiger partial charge in [0.1, 0.15) is 10.8 Å².